The van der Waals surface area contributed by atoms with E-state index in [2.05, 4.69) is 71.3 Å². The molecule has 1 nitrogen and oxygen atoms in total. The molecule has 1 rings (SSSR count). The molecule has 1 aliphatic carbocycles. The molecule has 0 aliphatic heterocycles. The molecule has 0 spiro atoms. The molecular formula is C13H29NSiTi. The van der Waals surface area contributed by atoms with Gasteiger partial charge in [0.25, 0.3) is 0 Å². The van der Waals surface area contributed by atoms with Gasteiger partial charge in [0.15, 0.2) is 0 Å². The van der Waals surface area contributed by atoms with Gasteiger partial charge < -0.3 is 0 Å². The van der Waals surface area contributed by atoms with Crippen LogP contribution in [0, 0.1) is 0 Å². The van der Waals surface area contributed by atoms with Crippen molar-refractivity contribution in [3.8, 4) is 0 Å². The Balaban J connectivity index is 3.47. The fourth-order valence-electron chi connectivity index (χ4n) is 3.45. The topological polar surface area (TPSA) is 12.0 Å². The minimum absolute atomic E-state index is 0.147. The van der Waals surface area contributed by atoms with Crippen LogP contribution in [0.25, 0.3) is 0 Å². The van der Waals surface area contributed by atoms with E-state index in [0.717, 1.165) is 6.42 Å². The third-order valence-electron chi connectivity index (χ3n) is 3.47. The quantitative estimate of drug-likeness (QED) is 0.759. The number of nitrogens with one attached hydrogen (secondary N) is 1. The number of rotatable bonds is 2. The molecule has 0 aromatic rings. The van der Waals surface area contributed by atoms with Crippen LogP contribution in [0.3, 0.4) is 0 Å². The van der Waals surface area contributed by atoms with Gasteiger partial charge in [0, 0.05) is 0 Å². The molecule has 0 aromatic heterocycles. The van der Waals surface area contributed by atoms with Gasteiger partial charge in [-0.1, -0.05) is 0 Å². The fourth-order valence-corrected chi connectivity index (χ4v) is 16.4. The van der Waals surface area contributed by atoms with Gasteiger partial charge in [-0.15, -0.1) is 0 Å². The van der Waals surface area contributed by atoms with Crippen molar-refractivity contribution >= 4 is 7.63 Å². The molecule has 0 radical (unpaired) electrons. The predicted octanol–water partition coefficient (Wildman–Crippen LogP) is 3.63. The molecule has 0 bridgehead atoms. The van der Waals surface area contributed by atoms with Gasteiger partial charge in [0.1, 0.15) is 0 Å². The summed E-state index contributed by atoms with van der Waals surface area (Å²) in [6.07, 6.45) is 7.93. The van der Waals surface area contributed by atoms with E-state index in [4.69, 9.17) is 0 Å². The van der Waals surface area contributed by atoms with Crippen LogP contribution in [0.2, 0.25) is 20.9 Å². The predicted molar refractivity (Wildman–Crippen MR) is 76.7 cm³/mol. The van der Waals surface area contributed by atoms with Gasteiger partial charge in [-0.05, 0) is 0 Å². The summed E-state index contributed by atoms with van der Waals surface area (Å²) in [5.74, 6) is 0. The van der Waals surface area contributed by atoms with Crippen molar-refractivity contribution in [1.29, 1.82) is 0 Å². The average Bonchev–Trinajstić information content (AvgIpc) is 2.22. The van der Waals surface area contributed by atoms with Crippen LogP contribution in [0.5, 0.6) is 0 Å². The second kappa shape index (κ2) is 2.54. The molecule has 1 N–H and O–H groups in total. The molecule has 0 amide bonds. The van der Waals surface area contributed by atoms with Gasteiger partial charge >= 0.3 is 98.9 Å². The van der Waals surface area contributed by atoms with E-state index < -0.39 is 11.7 Å². The van der Waals surface area contributed by atoms with E-state index in [1.54, 1.807) is 3.88 Å². The molecule has 0 fully saturated rings. The maximum atomic E-state index is 4.05. The monoisotopic (exact) mass is 275 g/mol. The van der Waals surface area contributed by atoms with E-state index in [1.165, 1.54) is 0 Å². The summed E-state index contributed by atoms with van der Waals surface area (Å²) in [7, 11) is 2.23. The number of hydrogen-bond donors (Lipinski definition) is 1. The van der Waals surface area contributed by atoms with E-state index in [9.17, 15) is 0 Å². The molecule has 0 aromatic carbocycles. The molecule has 1 aliphatic rings. The zero-order valence-electron chi connectivity index (χ0n) is 12.1. The zero-order valence-corrected chi connectivity index (χ0v) is 15.1. The van der Waals surface area contributed by atoms with Gasteiger partial charge in [0.2, 0.25) is 0 Å². The third kappa shape index (κ3) is 3.19. The fraction of sp³-hybridized carbons (Fsp3) is 0.692. The molecule has 0 unspecified atom stereocenters. The van der Waals surface area contributed by atoms with Gasteiger partial charge in [-0.3, -0.25) is 0 Å². The van der Waals surface area contributed by atoms with Crippen LogP contribution < -0.4 is 3.80 Å². The van der Waals surface area contributed by atoms with Gasteiger partial charge in [-0.25, -0.2) is 0 Å². The summed E-state index contributed by atoms with van der Waals surface area (Å²) in [6, 6.07) is 0. The Morgan fingerprint density at radius 1 is 1.19 bits per heavy atom. The Morgan fingerprint density at radius 2 is 1.69 bits per heavy atom. The maximum absolute atomic E-state index is 4.05. The van der Waals surface area contributed by atoms with Crippen molar-refractivity contribution < 1.29 is 11.7 Å². The molecule has 3 heteroatoms. The van der Waals surface area contributed by atoms with Crippen molar-refractivity contribution in [2.24, 2.45) is 0 Å². The second-order valence-electron chi connectivity index (χ2n) is 10.6. The van der Waals surface area contributed by atoms with Gasteiger partial charge in [0.05, 0.1) is 0 Å². The van der Waals surface area contributed by atoms with Crippen LogP contribution in [0.15, 0.2) is 22.1 Å². The Morgan fingerprint density at radius 3 is 2.00 bits per heavy atom. The summed E-state index contributed by atoms with van der Waals surface area (Å²) in [5.41, 5.74) is 0.147. The van der Waals surface area contributed by atoms with Crippen molar-refractivity contribution in [1.82, 2.24) is 3.80 Å². The van der Waals surface area contributed by atoms with Crippen molar-refractivity contribution in [2.45, 2.75) is 53.6 Å². The first kappa shape index (κ1) is 14.4. The van der Waals surface area contributed by atoms with Crippen molar-refractivity contribution in [2.75, 3.05) is 0 Å². The summed E-state index contributed by atoms with van der Waals surface area (Å²) in [6.45, 7) is 6.81. The van der Waals surface area contributed by atoms with Crippen molar-refractivity contribution in [3.05, 3.63) is 22.1 Å². The first-order chi connectivity index (χ1) is 6.55. The van der Waals surface area contributed by atoms with Crippen LogP contribution in [-0.2, 0) is 11.7 Å². The standard InChI is InChI=1S/C5H5.C4H10N.4CH3.H2Si.Ti/c1-2-4-5-3-1;1-4(2,3)5;;;;;;/h1-3H,4H2;5H,1-3H3;4*1H3;1H2;/q;-1;;;;;;+1. The second-order valence-corrected chi connectivity index (χ2v) is 48.1. The first-order valence-corrected chi connectivity index (χ1v) is 18.1. The first-order valence-electron chi connectivity index (χ1n) is 6.32. The normalized spacial score (nSPS) is 24.2. The summed E-state index contributed by atoms with van der Waals surface area (Å²) in [5, 5.41) is 10.0. The third-order valence-corrected chi connectivity index (χ3v) is 15.1. The van der Waals surface area contributed by atoms with E-state index in [0.29, 0.717) is 0 Å². The molecule has 16 heavy (non-hydrogen) atoms. The molecular weight excluding hydrogens is 246 g/mol. The summed E-state index contributed by atoms with van der Waals surface area (Å²) in [4.78, 5) is 0. The van der Waals surface area contributed by atoms with Crippen LogP contribution >= 0.6 is 0 Å². The molecule has 94 valence electrons. The Labute approximate surface area is 98.6 Å². The van der Waals surface area contributed by atoms with E-state index in [-0.39, 0.29) is 5.54 Å². The zero-order chi connectivity index (χ0) is 13.0. The van der Waals surface area contributed by atoms with Crippen LogP contribution in [0.1, 0.15) is 27.2 Å². The molecule has 0 atom stereocenters. The van der Waals surface area contributed by atoms with Crippen molar-refractivity contribution in [3.63, 3.8) is 0 Å². The van der Waals surface area contributed by atoms with Crippen LogP contribution in [0.4, 0.5) is 0 Å². The average molecular weight is 275 g/mol. The number of allylic oxidation sites excluding steroid dienone is 4. The Hall–Kier alpha value is 0.371. The Bertz CT molecular complexity index is 487. The summed E-state index contributed by atoms with van der Waals surface area (Å²) < 4.78 is 5.67. The molecule has 0 heterocycles. The Kier molecular flexibility index (Phi) is 2.29. The van der Waals surface area contributed by atoms with E-state index in [1.807, 2.05) is 0 Å². The minimum atomic E-state index is -3.70. The SMILES string of the molecule is CC(C)(C)[NH][Ti]([CH3])([CH3])([CH3])([CH3])(=[SiH2])[C]1=CC=CC1. The molecule has 0 saturated carbocycles. The molecule has 0 saturated heterocycles. The van der Waals surface area contributed by atoms with Gasteiger partial charge in [-0.2, -0.15) is 0 Å². The number of hydrogen-bond acceptors (Lipinski definition) is 1. The summed E-state index contributed by atoms with van der Waals surface area (Å²) >= 11 is -3.70. The van der Waals surface area contributed by atoms with Crippen LogP contribution in [-0.4, -0.2) is 13.2 Å². The van der Waals surface area contributed by atoms with E-state index >= 15 is 0 Å².